The lowest BCUT2D eigenvalue weighted by Gasteiger charge is -2.23. The van der Waals surface area contributed by atoms with E-state index in [9.17, 15) is 16.8 Å². The number of nitrogens with two attached hydrogens (primary N) is 1. The average Bonchev–Trinajstić information content (AvgIpc) is 2.55. The first kappa shape index (κ1) is 15.6. The molecule has 9 heteroatoms. The summed E-state index contributed by atoms with van der Waals surface area (Å²) in [7, 11) is -7.14. The molecule has 1 aromatic rings. The number of benzene rings is 1. The topological polar surface area (TPSA) is 106 Å². The van der Waals surface area contributed by atoms with Gasteiger partial charge in [-0.3, -0.25) is 0 Å². The van der Waals surface area contributed by atoms with Crippen LogP contribution in [0.25, 0.3) is 0 Å². The third kappa shape index (κ3) is 3.25. The molecule has 1 heterocycles. The summed E-state index contributed by atoms with van der Waals surface area (Å²) < 4.78 is 50.1. The molecule has 6 nitrogen and oxygen atoms in total. The highest BCUT2D eigenvalue weighted by molar-refractivity contribution is 7.92. The molecule has 0 aromatic heterocycles. The van der Waals surface area contributed by atoms with E-state index in [0.29, 0.717) is 0 Å². The van der Waals surface area contributed by atoms with Crippen molar-refractivity contribution in [3.63, 3.8) is 0 Å². The highest BCUT2D eigenvalue weighted by atomic mass is 35.5. The van der Waals surface area contributed by atoms with Crippen molar-refractivity contribution in [1.29, 1.82) is 0 Å². The average molecular weight is 339 g/mol. The Kier molecular flexibility index (Phi) is 3.79. The van der Waals surface area contributed by atoms with Gasteiger partial charge in [0.15, 0.2) is 9.84 Å². The minimum Gasteiger partial charge on any atom is -0.399 e. The second-order valence-electron chi connectivity index (χ2n) is 5.20. The Hall–Kier alpha value is -0.830. The summed E-state index contributed by atoms with van der Waals surface area (Å²) in [6.45, 7) is 1.56. The molecular weight excluding hydrogens is 324 g/mol. The molecule has 0 bridgehead atoms. The summed E-state index contributed by atoms with van der Waals surface area (Å²) in [6, 6.07) is 4.12. The Morgan fingerprint density at radius 3 is 2.60 bits per heavy atom. The van der Waals surface area contributed by atoms with Crippen LogP contribution in [0, 0.1) is 0 Å². The summed E-state index contributed by atoms with van der Waals surface area (Å²) in [5.74, 6) is -0.254. The van der Waals surface area contributed by atoms with Crippen molar-refractivity contribution >= 4 is 37.1 Å². The van der Waals surface area contributed by atoms with Gasteiger partial charge < -0.3 is 5.73 Å². The maximum atomic E-state index is 12.3. The molecule has 1 aliphatic rings. The molecule has 1 aromatic carbocycles. The van der Waals surface area contributed by atoms with E-state index in [1.165, 1.54) is 18.2 Å². The van der Waals surface area contributed by atoms with Crippen molar-refractivity contribution < 1.29 is 16.8 Å². The molecule has 1 saturated heterocycles. The number of nitrogens with one attached hydrogen (secondary N) is 1. The van der Waals surface area contributed by atoms with Crippen LogP contribution in [0.3, 0.4) is 0 Å². The molecule has 3 N–H and O–H groups in total. The SMILES string of the molecule is CC1(NS(=O)(=O)c2cc(N)ccc2Cl)CCS(=O)(=O)C1. The van der Waals surface area contributed by atoms with Crippen LogP contribution in [0.5, 0.6) is 0 Å². The van der Waals surface area contributed by atoms with Crippen molar-refractivity contribution in [3.05, 3.63) is 23.2 Å². The van der Waals surface area contributed by atoms with E-state index in [1.54, 1.807) is 6.92 Å². The molecule has 2 rings (SSSR count). The predicted octanol–water partition coefficient (Wildman–Crippen LogP) is 0.778. The Balaban J connectivity index is 2.35. The van der Waals surface area contributed by atoms with E-state index in [2.05, 4.69) is 4.72 Å². The van der Waals surface area contributed by atoms with E-state index in [1.807, 2.05) is 0 Å². The fourth-order valence-corrected chi connectivity index (χ4v) is 6.35. The van der Waals surface area contributed by atoms with Crippen LogP contribution in [-0.4, -0.2) is 33.9 Å². The summed E-state index contributed by atoms with van der Waals surface area (Å²) in [6.07, 6.45) is 0.231. The van der Waals surface area contributed by atoms with Crippen LogP contribution in [0.2, 0.25) is 5.02 Å². The maximum Gasteiger partial charge on any atom is 0.242 e. The van der Waals surface area contributed by atoms with Crippen LogP contribution in [0.15, 0.2) is 23.1 Å². The molecule has 1 aliphatic heterocycles. The van der Waals surface area contributed by atoms with Gasteiger partial charge in [0.05, 0.1) is 16.5 Å². The third-order valence-electron chi connectivity index (χ3n) is 3.13. The van der Waals surface area contributed by atoms with Crippen molar-refractivity contribution in [2.75, 3.05) is 17.2 Å². The number of sulfone groups is 1. The largest absolute Gasteiger partial charge is 0.399 e. The van der Waals surface area contributed by atoms with Crippen LogP contribution >= 0.6 is 11.6 Å². The second-order valence-corrected chi connectivity index (χ2v) is 9.44. The Bertz CT molecular complexity index is 746. The van der Waals surface area contributed by atoms with Gasteiger partial charge in [-0.1, -0.05) is 11.6 Å². The normalized spacial score (nSPS) is 25.7. The number of anilines is 1. The number of hydrogen-bond donors (Lipinski definition) is 2. The quantitative estimate of drug-likeness (QED) is 0.792. The van der Waals surface area contributed by atoms with Gasteiger partial charge in [-0.25, -0.2) is 21.6 Å². The third-order valence-corrected chi connectivity index (χ3v) is 7.15. The number of sulfonamides is 1. The lowest BCUT2D eigenvalue weighted by molar-refractivity contribution is 0.462. The molecule has 1 unspecified atom stereocenters. The zero-order valence-electron chi connectivity index (χ0n) is 10.8. The number of rotatable bonds is 3. The number of hydrogen-bond acceptors (Lipinski definition) is 5. The fourth-order valence-electron chi connectivity index (χ4n) is 2.20. The van der Waals surface area contributed by atoms with Gasteiger partial charge in [0.25, 0.3) is 0 Å². The van der Waals surface area contributed by atoms with E-state index < -0.39 is 25.4 Å². The van der Waals surface area contributed by atoms with E-state index >= 15 is 0 Å². The zero-order chi connectivity index (χ0) is 15.2. The Morgan fingerprint density at radius 1 is 1.40 bits per heavy atom. The van der Waals surface area contributed by atoms with E-state index in [4.69, 9.17) is 17.3 Å². The number of halogens is 1. The Morgan fingerprint density at radius 2 is 2.05 bits per heavy atom. The van der Waals surface area contributed by atoms with Gasteiger partial charge in [0.2, 0.25) is 10.0 Å². The first-order valence-corrected chi connectivity index (χ1v) is 9.51. The molecule has 1 fully saturated rings. The first-order valence-electron chi connectivity index (χ1n) is 5.83. The lowest BCUT2D eigenvalue weighted by Crippen LogP contribution is -2.46. The van der Waals surface area contributed by atoms with Crippen molar-refractivity contribution in [1.82, 2.24) is 4.72 Å². The van der Waals surface area contributed by atoms with Gasteiger partial charge in [0, 0.05) is 11.2 Å². The molecule has 0 saturated carbocycles. The highest BCUT2D eigenvalue weighted by Gasteiger charge is 2.41. The molecule has 0 radical (unpaired) electrons. The molecule has 0 amide bonds. The molecular formula is C11H15ClN2O4S2. The van der Waals surface area contributed by atoms with Crippen LogP contribution < -0.4 is 10.5 Å². The maximum absolute atomic E-state index is 12.3. The molecule has 0 spiro atoms. The summed E-state index contributed by atoms with van der Waals surface area (Å²) in [5.41, 5.74) is 4.80. The van der Waals surface area contributed by atoms with Crippen molar-refractivity contribution in [3.8, 4) is 0 Å². The highest BCUT2D eigenvalue weighted by Crippen LogP contribution is 2.28. The molecule has 1 atom stereocenters. The monoisotopic (exact) mass is 338 g/mol. The summed E-state index contributed by atoms with van der Waals surface area (Å²) in [4.78, 5) is -0.148. The fraction of sp³-hybridized carbons (Fsp3) is 0.455. The molecule has 20 heavy (non-hydrogen) atoms. The zero-order valence-corrected chi connectivity index (χ0v) is 13.1. The standard InChI is InChI=1S/C11H15ClN2O4S2/c1-11(4-5-19(15,16)7-11)14-20(17,18)10-6-8(13)2-3-9(10)12/h2-3,6,14H,4-5,7,13H2,1H3. The van der Waals surface area contributed by atoms with Gasteiger partial charge in [0.1, 0.15) is 4.90 Å². The molecule has 112 valence electrons. The summed E-state index contributed by atoms with van der Waals surface area (Å²) in [5, 5.41) is 0.0381. The van der Waals surface area contributed by atoms with Gasteiger partial charge in [-0.2, -0.15) is 0 Å². The van der Waals surface area contributed by atoms with E-state index in [-0.39, 0.29) is 33.5 Å². The molecule has 0 aliphatic carbocycles. The lowest BCUT2D eigenvalue weighted by atomic mass is 10.0. The minimum absolute atomic E-state index is 0.0311. The predicted molar refractivity (Wildman–Crippen MR) is 77.9 cm³/mol. The number of nitrogen functional groups attached to an aromatic ring is 1. The van der Waals surface area contributed by atoms with Crippen LogP contribution in [-0.2, 0) is 19.9 Å². The van der Waals surface area contributed by atoms with Crippen molar-refractivity contribution in [2.45, 2.75) is 23.8 Å². The second kappa shape index (κ2) is 4.87. The van der Waals surface area contributed by atoms with Gasteiger partial charge in [-0.15, -0.1) is 0 Å². The minimum atomic E-state index is -3.93. The summed E-state index contributed by atoms with van der Waals surface area (Å²) >= 11 is 5.87. The van der Waals surface area contributed by atoms with Crippen molar-refractivity contribution in [2.24, 2.45) is 0 Å². The Labute approximate surface area is 123 Å². The van der Waals surface area contributed by atoms with E-state index in [0.717, 1.165) is 0 Å². The first-order chi connectivity index (χ1) is 9.03. The smallest absolute Gasteiger partial charge is 0.242 e. The van der Waals surface area contributed by atoms with Crippen LogP contribution in [0.4, 0.5) is 5.69 Å². The van der Waals surface area contributed by atoms with Crippen LogP contribution in [0.1, 0.15) is 13.3 Å². The van der Waals surface area contributed by atoms with Gasteiger partial charge in [-0.05, 0) is 31.5 Å². The van der Waals surface area contributed by atoms with Gasteiger partial charge >= 0.3 is 0 Å².